The van der Waals surface area contributed by atoms with Crippen molar-refractivity contribution in [2.24, 2.45) is 0 Å². The summed E-state index contributed by atoms with van der Waals surface area (Å²) in [6.45, 7) is 4.03. The molecule has 0 bridgehead atoms. The summed E-state index contributed by atoms with van der Waals surface area (Å²) in [5.41, 5.74) is 5.30. The molecule has 0 aliphatic carbocycles. The SMILES string of the molecule is Cc1ccc(-n2cc(C(=O)NC(C)c3ccccc3)c(-c3ccccc3)n2)cc1. The zero-order chi connectivity index (χ0) is 20.2. The van der Waals surface area contributed by atoms with Crippen molar-refractivity contribution in [2.45, 2.75) is 19.9 Å². The molecule has 0 saturated carbocycles. The van der Waals surface area contributed by atoms with Crippen molar-refractivity contribution in [3.63, 3.8) is 0 Å². The average molecular weight is 381 g/mol. The second-order valence-electron chi connectivity index (χ2n) is 7.14. The molecule has 1 aromatic heterocycles. The molecule has 4 aromatic rings. The number of nitrogens with zero attached hydrogens (tertiary/aromatic N) is 2. The van der Waals surface area contributed by atoms with E-state index in [9.17, 15) is 4.79 Å². The maximum absolute atomic E-state index is 13.2. The zero-order valence-electron chi connectivity index (χ0n) is 16.5. The number of rotatable bonds is 5. The maximum Gasteiger partial charge on any atom is 0.255 e. The average Bonchev–Trinajstić information content (AvgIpc) is 3.21. The van der Waals surface area contributed by atoms with E-state index in [1.165, 1.54) is 5.56 Å². The molecule has 3 aromatic carbocycles. The third kappa shape index (κ3) is 4.11. The van der Waals surface area contributed by atoms with Crippen LogP contribution < -0.4 is 5.32 Å². The lowest BCUT2D eigenvalue weighted by atomic mass is 10.1. The highest BCUT2D eigenvalue weighted by Crippen LogP contribution is 2.24. The van der Waals surface area contributed by atoms with Gasteiger partial charge in [-0.1, -0.05) is 78.4 Å². The van der Waals surface area contributed by atoms with Gasteiger partial charge < -0.3 is 5.32 Å². The number of amides is 1. The molecule has 4 rings (SSSR count). The van der Waals surface area contributed by atoms with Gasteiger partial charge in [-0.05, 0) is 31.5 Å². The van der Waals surface area contributed by atoms with Crippen LogP contribution in [0.4, 0.5) is 0 Å². The molecule has 1 heterocycles. The fourth-order valence-electron chi connectivity index (χ4n) is 3.28. The van der Waals surface area contributed by atoms with E-state index in [1.54, 1.807) is 10.9 Å². The Morgan fingerprint density at radius 2 is 1.52 bits per heavy atom. The maximum atomic E-state index is 13.2. The highest BCUT2D eigenvalue weighted by atomic mass is 16.1. The van der Waals surface area contributed by atoms with Gasteiger partial charge in [0.25, 0.3) is 5.91 Å². The molecule has 0 spiro atoms. The van der Waals surface area contributed by atoms with Gasteiger partial charge in [-0.25, -0.2) is 4.68 Å². The number of aryl methyl sites for hydroxylation is 1. The normalized spacial score (nSPS) is 11.8. The molecule has 1 unspecified atom stereocenters. The van der Waals surface area contributed by atoms with Crippen LogP contribution in [0.5, 0.6) is 0 Å². The first-order valence-corrected chi connectivity index (χ1v) is 9.70. The Bertz CT molecular complexity index is 1100. The standard InChI is InChI=1S/C25H23N3O/c1-18-13-15-22(16-14-18)28-17-23(24(27-28)21-11-7-4-8-12-21)25(29)26-19(2)20-9-5-3-6-10-20/h3-17,19H,1-2H3,(H,26,29). The topological polar surface area (TPSA) is 46.9 Å². The Morgan fingerprint density at radius 3 is 2.17 bits per heavy atom. The summed E-state index contributed by atoms with van der Waals surface area (Å²) < 4.78 is 1.77. The van der Waals surface area contributed by atoms with Crippen LogP contribution in [0.25, 0.3) is 16.9 Å². The van der Waals surface area contributed by atoms with Crippen molar-refractivity contribution in [1.82, 2.24) is 15.1 Å². The minimum atomic E-state index is -0.140. The van der Waals surface area contributed by atoms with E-state index in [-0.39, 0.29) is 11.9 Å². The number of carbonyl (C=O) groups is 1. The van der Waals surface area contributed by atoms with Gasteiger partial charge in [-0.15, -0.1) is 0 Å². The van der Waals surface area contributed by atoms with E-state index in [4.69, 9.17) is 5.10 Å². The monoisotopic (exact) mass is 381 g/mol. The molecular formula is C25H23N3O. The van der Waals surface area contributed by atoms with E-state index < -0.39 is 0 Å². The highest BCUT2D eigenvalue weighted by Gasteiger charge is 2.20. The van der Waals surface area contributed by atoms with Crippen LogP contribution in [-0.4, -0.2) is 15.7 Å². The quantitative estimate of drug-likeness (QED) is 0.507. The molecule has 1 N–H and O–H groups in total. The third-order valence-electron chi connectivity index (χ3n) is 4.95. The summed E-state index contributed by atoms with van der Waals surface area (Å²) in [7, 11) is 0. The molecule has 1 atom stereocenters. The molecule has 0 aliphatic rings. The number of nitrogens with one attached hydrogen (secondary N) is 1. The number of hydrogen-bond donors (Lipinski definition) is 1. The largest absolute Gasteiger partial charge is 0.345 e. The number of hydrogen-bond acceptors (Lipinski definition) is 2. The minimum absolute atomic E-state index is 0.102. The number of carbonyl (C=O) groups excluding carboxylic acids is 1. The fraction of sp³-hybridized carbons (Fsp3) is 0.120. The molecule has 4 nitrogen and oxygen atoms in total. The van der Waals surface area contributed by atoms with Crippen LogP contribution >= 0.6 is 0 Å². The van der Waals surface area contributed by atoms with E-state index in [2.05, 4.69) is 5.32 Å². The lowest BCUT2D eigenvalue weighted by Crippen LogP contribution is -2.26. The van der Waals surface area contributed by atoms with Crippen LogP contribution in [0.15, 0.2) is 91.1 Å². The minimum Gasteiger partial charge on any atom is -0.345 e. The predicted molar refractivity (Wildman–Crippen MR) is 116 cm³/mol. The Balaban J connectivity index is 1.70. The van der Waals surface area contributed by atoms with Crippen LogP contribution in [0.3, 0.4) is 0 Å². The van der Waals surface area contributed by atoms with Gasteiger partial charge in [0.05, 0.1) is 17.3 Å². The lowest BCUT2D eigenvalue weighted by molar-refractivity contribution is 0.0940. The molecule has 29 heavy (non-hydrogen) atoms. The van der Waals surface area contributed by atoms with Gasteiger partial charge in [0.2, 0.25) is 0 Å². The Hall–Kier alpha value is -3.66. The van der Waals surface area contributed by atoms with Crippen LogP contribution in [-0.2, 0) is 0 Å². The summed E-state index contributed by atoms with van der Waals surface area (Å²) in [5, 5.41) is 7.84. The summed E-state index contributed by atoms with van der Waals surface area (Å²) in [6, 6.07) is 27.7. The van der Waals surface area contributed by atoms with Crippen LogP contribution in [0.2, 0.25) is 0 Å². The summed E-state index contributed by atoms with van der Waals surface area (Å²) >= 11 is 0. The molecule has 0 saturated heterocycles. The van der Waals surface area contributed by atoms with Crippen molar-refractivity contribution in [3.05, 3.63) is 108 Å². The van der Waals surface area contributed by atoms with E-state index in [0.29, 0.717) is 11.3 Å². The summed E-state index contributed by atoms with van der Waals surface area (Å²) in [5.74, 6) is -0.140. The molecule has 144 valence electrons. The third-order valence-corrected chi connectivity index (χ3v) is 4.95. The number of benzene rings is 3. The zero-order valence-corrected chi connectivity index (χ0v) is 16.5. The fourth-order valence-corrected chi connectivity index (χ4v) is 3.28. The highest BCUT2D eigenvalue weighted by molar-refractivity contribution is 6.00. The van der Waals surface area contributed by atoms with Gasteiger partial charge in [-0.3, -0.25) is 4.79 Å². The van der Waals surface area contributed by atoms with Crippen molar-refractivity contribution in [3.8, 4) is 16.9 Å². The first-order chi connectivity index (χ1) is 14.1. The lowest BCUT2D eigenvalue weighted by Gasteiger charge is -2.14. The first-order valence-electron chi connectivity index (χ1n) is 9.70. The van der Waals surface area contributed by atoms with Crippen molar-refractivity contribution in [2.75, 3.05) is 0 Å². The van der Waals surface area contributed by atoms with Crippen molar-refractivity contribution < 1.29 is 4.79 Å². The predicted octanol–water partition coefficient (Wildman–Crippen LogP) is 5.34. The molecule has 4 heteroatoms. The smallest absolute Gasteiger partial charge is 0.255 e. The van der Waals surface area contributed by atoms with E-state index >= 15 is 0 Å². The Kier molecular flexibility index (Phi) is 5.25. The van der Waals surface area contributed by atoms with Gasteiger partial charge in [0.1, 0.15) is 5.69 Å². The summed E-state index contributed by atoms with van der Waals surface area (Å²) in [6.07, 6.45) is 1.81. The summed E-state index contributed by atoms with van der Waals surface area (Å²) in [4.78, 5) is 13.2. The second kappa shape index (κ2) is 8.15. The number of aromatic nitrogens is 2. The molecular weight excluding hydrogens is 358 g/mol. The molecule has 0 radical (unpaired) electrons. The Labute approximate surface area is 170 Å². The van der Waals surface area contributed by atoms with Crippen LogP contribution in [0.1, 0.15) is 34.5 Å². The molecule has 0 fully saturated rings. The van der Waals surface area contributed by atoms with Gasteiger partial charge in [-0.2, -0.15) is 5.10 Å². The Morgan fingerprint density at radius 1 is 0.897 bits per heavy atom. The van der Waals surface area contributed by atoms with Gasteiger partial charge in [0.15, 0.2) is 0 Å². The van der Waals surface area contributed by atoms with Gasteiger partial charge >= 0.3 is 0 Å². The van der Waals surface area contributed by atoms with E-state index in [1.807, 2.05) is 98.8 Å². The second-order valence-corrected chi connectivity index (χ2v) is 7.14. The molecule has 1 amide bonds. The first kappa shape index (κ1) is 18.7. The van der Waals surface area contributed by atoms with Crippen molar-refractivity contribution in [1.29, 1.82) is 0 Å². The van der Waals surface area contributed by atoms with E-state index in [0.717, 1.165) is 16.8 Å². The van der Waals surface area contributed by atoms with Crippen molar-refractivity contribution >= 4 is 5.91 Å². The molecule has 0 aliphatic heterocycles. The van der Waals surface area contributed by atoms with Crippen LogP contribution in [0, 0.1) is 6.92 Å². The van der Waals surface area contributed by atoms with Gasteiger partial charge in [0, 0.05) is 11.8 Å².